The van der Waals surface area contributed by atoms with E-state index in [9.17, 15) is 4.79 Å². The summed E-state index contributed by atoms with van der Waals surface area (Å²) in [5.74, 6) is 5.03. The molecule has 0 fully saturated rings. The van der Waals surface area contributed by atoms with Gasteiger partial charge in [0.25, 0.3) is 0 Å². The molecule has 0 aliphatic rings. The second-order valence-electron chi connectivity index (χ2n) is 2.03. The molecular weight excluding hydrogens is 160 g/mol. The number of benzene rings is 1. The molecule has 0 saturated heterocycles. The highest BCUT2D eigenvalue weighted by molar-refractivity contribution is 5.69. The Hall–Kier alpha value is -1.75. The summed E-state index contributed by atoms with van der Waals surface area (Å²) in [6.45, 7) is 0. The van der Waals surface area contributed by atoms with E-state index in [1.165, 1.54) is 18.2 Å². The van der Waals surface area contributed by atoms with Crippen molar-refractivity contribution in [1.82, 2.24) is 5.43 Å². The molecule has 0 heterocycles. The smallest absolute Gasteiger partial charge is 0.426 e. The van der Waals surface area contributed by atoms with E-state index in [0.717, 1.165) is 0 Å². The maximum Gasteiger partial charge on any atom is 0.426 e. The van der Waals surface area contributed by atoms with Gasteiger partial charge in [-0.15, -0.1) is 0 Å². The van der Waals surface area contributed by atoms with E-state index in [0.29, 0.717) is 0 Å². The third kappa shape index (κ3) is 2.14. The lowest BCUT2D eigenvalue weighted by Crippen LogP contribution is -2.32. The van der Waals surface area contributed by atoms with E-state index < -0.39 is 6.09 Å². The third-order valence-electron chi connectivity index (χ3n) is 1.15. The van der Waals surface area contributed by atoms with E-state index in [1.807, 2.05) is 0 Å². The van der Waals surface area contributed by atoms with E-state index in [2.05, 4.69) is 4.74 Å². The molecular formula is C7H8N2O3. The molecule has 1 aromatic carbocycles. The summed E-state index contributed by atoms with van der Waals surface area (Å²) in [6.07, 6.45) is -0.777. The van der Waals surface area contributed by atoms with Crippen molar-refractivity contribution in [2.45, 2.75) is 0 Å². The lowest BCUT2D eigenvalue weighted by Gasteiger charge is -2.02. The van der Waals surface area contributed by atoms with E-state index >= 15 is 0 Å². The average Bonchev–Trinajstić information content (AvgIpc) is 2.04. The van der Waals surface area contributed by atoms with Crippen molar-refractivity contribution in [3.63, 3.8) is 0 Å². The molecule has 0 unspecified atom stereocenters. The first kappa shape index (κ1) is 8.35. The number of hydrogen-bond donors (Lipinski definition) is 3. The van der Waals surface area contributed by atoms with Crippen LogP contribution in [0.1, 0.15) is 0 Å². The van der Waals surface area contributed by atoms with Crippen LogP contribution in [0.4, 0.5) is 4.79 Å². The number of hydrogen-bond acceptors (Lipinski definition) is 4. The number of phenols is 1. The maximum atomic E-state index is 10.6. The number of hydrazine groups is 1. The maximum absolute atomic E-state index is 10.6. The Bertz CT molecular complexity index is 288. The molecule has 0 bridgehead atoms. The van der Waals surface area contributed by atoms with Gasteiger partial charge in [-0.3, -0.25) is 5.43 Å². The van der Waals surface area contributed by atoms with Gasteiger partial charge in [0, 0.05) is 6.07 Å². The summed E-state index contributed by atoms with van der Waals surface area (Å²) in [4.78, 5) is 10.6. The Morgan fingerprint density at radius 1 is 1.58 bits per heavy atom. The second-order valence-corrected chi connectivity index (χ2v) is 2.03. The summed E-state index contributed by atoms with van der Waals surface area (Å²) < 4.78 is 4.61. The van der Waals surface area contributed by atoms with Crippen molar-refractivity contribution in [2.24, 2.45) is 5.84 Å². The van der Waals surface area contributed by atoms with E-state index in [4.69, 9.17) is 10.9 Å². The molecule has 1 amide bonds. The van der Waals surface area contributed by atoms with Gasteiger partial charge in [-0.25, -0.2) is 10.6 Å². The van der Waals surface area contributed by atoms with Crippen molar-refractivity contribution in [1.29, 1.82) is 0 Å². The molecule has 64 valence electrons. The van der Waals surface area contributed by atoms with Gasteiger partial charge in [-0.1, -0.05) is 6.07 Å². The van der Waals surface area contributed by atoms with Gasteiger partial charge >= 0.3 is 6.09 Å². The molecule has 0 saturated carbocycles. The highest BCUT2D eigenvalue weighted by Gasteiger charge is 2.00. The van der Waals surface area contributed by atoms with Gasteiger partial charge in [-0.05, 0) is 12.1 Å². The van der Waals surface area contributed by atoms with Crippen molar-refractivity contribution in [2.75, 3.05) is 0 Å². The van der Waals surface area contributed by atoms with Crippen molar-refractivity contribution in [3.8, 4) is 11.5 Å². The summed E-state index contributed by atoms with van der Waals surface area (Å²) >= 11 is 0. The van der Waals surface area contributed by atoms with Gasteiger partial charge in [0.2, 0.25) is 0 Å². The molecule has 1 rings (SSSR count). The Kier molecular flexibility index (Phi) is 2.49. The minimum Gasteiger partial charge on any atom is -0.508 e. The zero-order valence-electron chi connectivity index (χ0n) is 6.15. The van der Waals surface area contributed by atoms with E-state index in [-0.39, 0.29) is 11.5 Å². The van der Waals surface area contributed by atoms with Crippen LogP contribution in [0.5, 0.6) is 11.5 Å². The first-order chi connectivity index (χ1) is 5.72. The third-order valence-corrected chi connectivity index (χ3v) is 1.15. The molecule has 0 spiro atoms. The Balaban J connectivity index is 2.69. The monoisotopic (exact) mass is 168 g/mol. The number of carbonyl (C=O) groups excluding carboxylic acids is 1. The molecule has 1 aromatic rings. The van der Waals surface area contributed by atoms with Crippen molar-refractivity contribution in [3.05, 3.63) is 24.3 Å². The van der Waals surface area contributed by atoms with Crippen molar-refractivity contribution >= 4 is 6.09 Å². The minimum absolute atomic E-state index is 0.0253. The molecule has 4 N–H and O–H groups in total. The van der Waals surface area contributed by atoms with Crippen LogP contribution in [0.2, 0.25) is 0 Å². The predicted octanol–water partition coefficient (Wildman–Crippen LogP) is 0.354. The highest BCUT2D eigenvalue weighted by Crippen LogP contribution is 2.17. The number of aromatic hydroxyl groups is 1. The molecule has 0 aromatic heterocycles. The topological polar surface area (TPSA) is 84.6 Å². The number of rotatable bonds is 1. The Morgan fingerprint density at radius 2 is 2.33 bits per heavy atom. The summed E-state index contributed by atoms with van der Waals surface area (Å²) in [7, 11) is 0. The molecule has 5 nitrogen and oxygen atoms in total. The standard InChI is InChI=1S/C7H8N2O3/c8-9-7(11)12-6-3-1-2-5(10)4-6/h1-4,10H,8H2,(H,9,11). The molecule has 5 heteroatoms. The fourth-order valence-electron chi connectivity index (χ4n) is 0.684. The fraction of sp³-hybridized carbons (Fsp3) is 0. The van der Waals surface area contributed by atoms with Crippen LogP contribution < -0.4 is 16.0 Å². The summed E-state index contributed by atoms with van der Waals surface area (Å²) in [5.41, 5.74) is 1.79. The van der Waals surface area contributed by atoms with Crippen LogP contribution in [0.25, 0.3) is 0 Å². The Morgan fingerprint density at radius 3 is 2.92 bits per heavy atom. The lowest BCUT2D eigenvalue weighted by molar-refractivity contribution is 0.200. The average molecular weight is 168 g/mol. The number of carbonyl (C=O) groups is 1. The normalized spacial score (nSPS) is 9.08. The SMILES string of the molecule is NNC(=O)Oc1cccc(O)c1. The van der Waals surface area contributed by atoms with Crippen LogP contribution in [0.3, 0.4) is 0 Å². The number of phenolic OH excluding ortho intramolecular Hbond substituents is 1. The molecule has 0 atom stereocenters. The largest absolute Gasteiger partial charge is 0.508 e. The second kappa shape index (κ2) is 3.59. The van der Waals surface area contributed by atoms with Gasteiger partial charge in [0.15, 0.2) is 0 Å². The van der Waals surface area contributed by atoms with Gasteiger partial charge < -0.3 is 9.84 Å². The highest BCUT2D eigenvalue weighted by atomic mass is 16.6. The zero-order chi connectivity index (χ0) is 8.97. The molecule has 0 aliphatic heterocycles. The van der Waals surface area contributed by atoms with E-state index in [1.54, 1.807) is 11.5 Å². The van der Waals surface area contributed by atoms with Crippen LogP contribution in [-0.2, 0) is 0 Å². The fourth-order valence-corrected chi connectivity index (χ4v) is 0.684. The first-order valence-corrected chi connectivity index (χ1v) is 3.20. The first-order valence-electron chi connectivity index (χ1n) is 3.20. The van der Waals surface area contributed by atoms with Gasteiger partial charge in [-0.2, -0.15) is 0 Å². The van der Waals surface area contributed by atoms with Crippen LogP contribution in [0, 0.1) is 0 Å². The van der Waals surface area contributed by atoms with Crippen LogP contribution in [-0.4, -0.2) is 11.2 Å². The number of nitrogens with one attached hydrogen (secondary N) is 1. The number of ether oxygens (including phenoxy) is 1. The van der Waals surface area contributed by atoms with Crippen molar-refractivity contribution < 1.29 is 14.6 Å². The van der Waals surface area contributed by atoms with Gasteiger partial charge in [0.05, 0.1) is 0 Å². The number of nitrogens with two attached hydrogens (primary N) is 1. The van der Waals surface area contributed by atoms with Gasteiger partial charge in [0.1, 0.15) is 11.5 Å². The minimum atomic E-state index is -0.777. The summed E-state index contributed by atoms with van der Waals surface area (Å²) in [6, 6.07) is 5.84. The number of amides is 1. The Labute approximate surface area is 68.7 Å². The quantitative estimate of drug-likeness (QED) is 0.321. The zero-order valence-corrected chi connectivity index (χ0v) is 6.15. The summed E-state index contributed by atoms with van der Waals surface area (Å²) in [5, 5.41) is 8.96. The predicted molar refractivity (Wildman–Crippen MR) is 41.5 cm³/mol. The lowest BCUT2D eigenvalue weighted by atomic mass is 10.3. The molecule has 0 radical (unpaired) electrons. The molecule has 12 heavy (non-hydrogen) atoms. The van der Waals surface area contributed by atoms with Crippen LogP contribution in [0.15, 0.2) is 24.3 Å². The van der Waals surface area contributed by atoms with Crippen LogP contribution >= 0.6 is 0 Å². The molecule has 0 aliphatic carbocycles.